The second kappa shape index (κ2) is 9.37. The molecule has 0 bridgehead atoms. The molecule has 1 amide bonds. The summed E-state index contributed by atoms with van der Waals surface area (Å²) in [6.45, 7) is 3.98. The minimum atomic E-state index is -0.212. The highest BCUT2D eigenvalue weighted by Crippen LogP contribution is 2.33. The molecule has 0 aliphatic carbocycles. The average molecular weight is 359 g/mol. The standard InChI is InChI=1S/C20H25NO3S/c1-5-17(15-9-7-6-8-10-15)21-20(22)14(2)25-16-11-12-18(23-3)19(13-16)24-4/h6-14,17H,5H2,1-4H3,(H,21,22)/t14-,17-/m1/s1. The van der Waals surface area contributed by atoms with Gasteiger partial charge in [-0.15, -0.1) is 11.8 Å². The second-order valence-electron chi connectivity index (χ2n) is 5.66. The Morgan fingerprint density at radius 3 is 2.36 bits per heavy atom. The number of rotatable bonds is 8. The zero-order valence-electron chi connectivity index (χ0n) is 15.1. The molecule has 0 aromatic heterocycles. The lowest BCUT2D eigenvalue weighted by molar-refractivity contribution is -0.121. The molecule has 2 aromatic carbocycles. The Morgan fingerprint density at radius 2 is 1.76 bits per heavy atom. The summed E-state index contributed by atoms with van der Waals surface area (Å²) in [5, 5.41) is 2.93. The van der Waals surface area contributed by atoms with Crippen LogP contribution in [-0.4, -0.2) is 25.4 Å². The predicted octanol–water partition coefficient (Wildman–Crippen LogP) is 4.45. The van der Waals surface area contributed by atoms with Gasteiger partial charge >= 0.3 is 0 Å². The summed E-state index contributed by atoms with van der Waals surface area (Å²) in [7, 11) is 3.21. The van der Waals surface area contributed by atoms with Gasteiger partial charge in [-0.1, -0.05) is 37.3 Å². The van der Waals surface area contributed by atoms with Gasteiger partial charge in [0.1, 0.15) is 0 Å². The van der Waals surface area contributed by atoms with Gasteiger partial charge < -0.3 is 14.8 Å². The molecular weight excluding hydrogens is 334 g/mol. The average Bonchev–Trinajstić information content (AvgIpc) is 2.66. The van der Waals surface area contributed by atoms with Crippen LogP contribution in [0.15, 0.2) is 53.4 Å². The molecule has 0 saturated carbocycles. The minimum Gasteiger partial charge on any atom is -0.493 e. The van der Waals surface area contributed by atoms with E-state index in [2.05, 4.69) is 12.2 Å². The number of hydrogen-bond acceptors (Lipinski definition) is 4. The quantitative estimate of drug-likeness (QED) is 0.707. The van der Waals surface area contributed by atoms with E-state index in [-0.39, 0.29) is 17.2 Å². The highest BCUT2D eigenvalue weighted by Gasteiger charge is 2.19. The molecular formula is C20H25NO3S. The Bertz CT molecular complexity index is 691. The van der Waals surface area contributed by atoms with Crippen LogP contribution in [0.1, 0.15) is 31.9 Å². The molecule has 0 unspecified atom stereocenters. The van der Waals surface area contributed by atoms with Crippen LogP contribution in [-0.2, 0) is 4.79 Å². The van der Waals surface area contributed by atoms with Crippen LogP contribution in [0.3, 0.4) is 0 Å². The van der Waals surface area contributed by atoms with Gasteiger partial charge in [0.05, 0.1) is 25.5 Å². The lowest BCUT2D eigenvalue weighted by Crippen LogP contribution is -2.34. The fourth-order valence-electron chi connectivity index (χ4n) is 2.54. The number of benzene rings is 2. The Labute approximate surface area is 153 Å². The van der Waals surface area contributed by atoms with E-state index in [1.54, 1.807) is 14.2 Å². The van der Waals surface area contributed by atoms with Gasteiger partial charge in [0, 0.05) is 4.90 Å². The summed E-state index contributed by atoms with van der Waals surface area (Å²) in [6, 6.07) is 15.8. The molecule has 25 heavy (non-hydrogen) atoms. The maximum absolute atomic E-state index is 12.6. The van der Waals surface area contributed by atoms with Gasteiger partial charge in [-0.3, -0.25) is 4.79 Å². The number of nitrogens with one attached hydrogen (secondary N) is 1. The molecule has 0 heterocycles. The maximum Gasteiger partial charge on any atom is 0.233 e. The molecule has 0 aliphatic heterocycles. The van der Waals surface area contributed by atoms with Gasteiger partial charge in [-0.05, 0) is 37.1 Å². The van der Waals surface area contributed by atoms with E-state index < -0.39 is 0 Å². The van der Waals surface area contributed by atoms with Crippen molar-refractivity contribution in [3.63, 3.8) is 0 Å². The number of carbonyl (C=O) groups is 1. The summed E-state index contributed by atoms with van der Waals surface area (Å²) < 4.78 is 10.6. The number of carbonyl (C=O) groups excluding carboxylic acids is 1. The largest absolute Gasteiger partial charge is 0.493 e. The van der Waals surface area contributed by atoms with E-state index in [9.17, 15) is 4.79 Å². The molecule has 2 atom stereocenters. The second-order valence-corrected chi connectivity index (χ2v) is 7.07. The maximum atomic E-state index is 12.6. The first kappa shape index (κ1) is 19.2. The fourth-order valence-corrected chi connectivity index (χ4v) is 3.45. The van der Waals surface area contributed by atoms with Crippen LogP contribution in [0.5, 0.6) is 11.5 Å². The van der Waals surface area contributed by atoms with Crippen LogP contribution in [0.4, 0.5) is 0 Å². The van der Waals surface area contributed by atoms with Crippen molar-refractivity contribution in [2.45, 2.75) is 36.5 Å². The summed E-state index contributed by atoms with van der Waals surface area (Å²) in [4.78, 5) is 13.5. The molecule has 2 rings (SSSR count). The first-order valence-electron chi connectivity index (χ1n) is 8.33. The number of ether oxygens (including phenoxy) is 2. The molecule has 5 heteroatoms. The Hall–Kier alpha value is -2.14. The van der Waals surface area contributed by atoms with Crippen molar-refractivity contribution < 1.29 is 14.3 Å². The highest BCUT2D eigenvalue weighted by atomic mass is 32.2. The monoisotopic (exact) mass is 359 g/mol. The van der Waals surface area contributed by atoms with Crippen molar-refractivity contribution >= 4 is 17.7 Å². The van der Waals surface area contributed by atoms with Crippen LogP contribution < -0.4 is 14.8 Å². The van der Waals surface area contributed by atoms with E-state index in [0.29, 0.717) is 11.5 Å². The summed E-state index contributed by atoms with van der Waals surface area (Å²) in [5.41, 5.74) is 1.13. The molecule has 1 N–H and O–H groups in total. The van der Waals surface area contributed by atoms with Gasteiger partial charge in [-0.2, -0.15) is 0 Å². The minimum absolute atomic E-state index is 0.0236. The van der Waals surface area contributed by atoms with Gasteiger partial charge in [0.2, 0.25) is 5.91 Å². The fraction of sp³-hybridized carbons (Fsp3) is 0.350. The van der Waals surface area contributed by atoms with Crippen molar-refractivity contribution in [3.05, 3.63) is 54.1 Å². The van der Waals surface area contributed by atoms with Crippen LogP contribution in [0.2, 0.25) is 0 Å². The third kappa shape index (κ3) is 5.16. The van der Waals surface area contributed by atoms with Crippen LogP contribution >= 0.6 is 11.8 Å². The first-order valence-corrected chi connectivity index (χ1v) is 9.21. The molecule has 0 aliphatic rings. The van der Waals surface area contributed by atoms with Gasteiger partial charge in [-0.25, -0.2) is 0 Å². The summed E-state index contributed by atoms with van der Waals surface area (Å²) in [5.74, 6) is 1.37. The normalized spacial score (nSPS) is 13.0. The Morgan fingerprint density at radius 1 is 1.08 bits per heavy atom. The number of hydrogen-bond donors (Lipinski definition) is 1. The molecule has 4 nitrogen and oxygen atoms in total. The number of thioether (sulfide) groups is 1. The van der Waals surface area contributed by atoms with Crippen LogP contribution in [0, 0.1) is 0 Å². The highest BCUT2D eigenvalue weighted by molar-refractivity contribution is 8.00. The van der Waals surface area contributed by atoms with Crippen molar-refractivity contribution in [3.8, 4) is 11.5 Å². The third-order valence-corrected chi connectivity index (χ3v) is 5.06. The summed E-state index contributed by atoms with van der Waals surface area (Å²) >= 11 is 1.50. The van der Waals surface area contributed by atoms with Crippen molar-refractivity contribution in [1.29, 1.82) is 0 Å². The number of amides is 1. The van der Waals surface area contributed by atoms with E-state index in [0.717, 1.165) is 16.9 Å². The molecule has 0 saturated heterocycles. The zero-order valence-corrected chi connectivity index (χ0v) is 15.9. The first-order chi connectivity index (χ1) is 12.1. The molecule has 134 valence electrons. The Kier molecular flexibility index (Phi) is 7.19. The molecule has 0 spiro atoms. The van der Waals surface area contributed by atoms with Crippen molar-refractivity contribution in [2.24, 2.45) is 0 Å². The molecule has 0 radical (unpaired) electrons. The molecule has 2 aromatic rings. The zero-order chi connectivity index (χ0) is 18.2. The lowest BCUT2D eigenvalue weighted by Gasteiger charge is -2.20. The van der Waals surface area contributed by atoms with Gasteiger partial charge in [0.25, 0.3) is 0 Å². The van der Waals surface area contributed by atoms with E-state index in [4.69, 9.17) is 9.47 Å². The predicted molar refractivity (Wildman–Crippen MR) is 102 cm³/mol. The number of methoxy groups -OCH3 is 2. The van der Waals surface area contributed by atoms with Crippen molar-refractivity contribution in [1.82, 2.24) is 5.32 Å². The summed E-state index contributed by atoms with van der Waals surface area (Å²) in [6.07, 6.45) is 0.851. The Balaban J connectivity index is 2.02. The van der Waals surface area contributed by atoms with Crippen LogP contribution in [0.25, 0.3) is 0 Å². The lowest BCUT2D eigenvalue weighted by atomic mass is 10.0. The smallest absolute Gasteiger partial charge is 0.233 e. The van der Waals surface area contributed by atoms with E-state index >= 15 is 0 Å². The van der Waals surface area contributed by atoms with E-state index in [1.807, 2.05) is 55.5 Å². The van der Waals surface area contributed by atoms with E-state index in [1.165, 1.54) is 11.8 Å². The topological polar surface area (TPSA) is 47.6 Å². The SMILES string of the molecule is CC[C@@H](NC(=O)[C@@H](C)Sc1ccc(OC)c(OC)c1)c1ccccc1. The molecule has 0 fully saturated rings. The third-order valence-electron chi connectivity index (χ3n) is 3.96. The van der Waals surface area contributed by atoms with Crippen molar-refractivity contribution in [2.75, 3.05) is 14.2 Å². The van der Waals surface area contributed by atoms with Gasteiger partial charge in [0.15, 0.2) is 11.5 Å².